The van der Waals surface area contributed by atoms with Gasteiger partial charge in [-0.15, -0.1) is 0 Å². The number of carbonyl (C=O) groups excluding carboxylic acids is 2. The van der Waals surface area contributed by atoms with Crippen LogP contribution in [0.5, 0.6) is 0 Å². The Hall–Kier alpha value is -1.26. The summed E-state index contributed by atoms with van der Waals surface area (Å²) in [6, 6.07) is 5.21. The van der Waals surface area contributed by atoms with Crippen LogP contribution in [0.4, 0.5) is 0 Å². The van der Waals surface area contributed by atoms with Crippen LogP contribution >= 0.6 is 23.2 Å². The molecule has 1 aliphatic heterocycles. The van der Waals surface area contributed by atoms with Gasteiger partial charge < -0.3 is 10.2 Å². The van der Waals surface area contributed by atoms with Crippen LogP contribution in [0.2, 0.25) is 10.0 Å². The molecule has 0 aromatic heterocycles. The molecule has 2 amide bonds. The molecule has 0 saturated carbocycles. The van der Waals surface area contributed by atoms with Crippen LogP contribution in [-0.2, 0) is 16.1 Å². The van der Waals surface area contributed by atoms with Crippen molar-refractivity contribution < 1.29 is 9.59 Å². The van der Waals surface area contributed by atoms with E-state index in [-0.39, 0.29) is 18.4 Å². The Morgan fingerprint density at radius 1 is 1.22 bits per heavy atom. The summed E-state index contributed by atoms with van der Waals surface area (Å²) in [5.74, 6) is -0.243. The summed E-state index contributed by atoms with van der Waals surface area (Å²) in [7, 11) is 0. The topological polar surface area (TPSA) is 49.4 Å². The van der Waals surface area contributed by atoms with Gasteiger partial charge in [0.05, 0.1) is 6.54 Å². The van der Waals surface area contributed by atoms with E-state index in [4.69, 9.17) is 23.2 Å². The fraction of sp³-hybridized carbons (Fsp3) is 0.333. The molecule has 1 aromatic carbocycles. The minimum Gasteiger partial charge on any atom is -0.347 e. The maximum Gasteiger partial charge on any atom is 0.242 e. The number of hydrogen-bond donors (Lipinski definition) is 1. The molecule has 0 bridgehead atoms. The van der Waals surface area contributed by atoms with E-state index >= 15 is 0 Å². The molecule has 6 heteroatoms. The number of rotatable bonds is 2. The lowest BCUT2D eigenvalue weighted by molar-refractivity contribution is -0.130. The first-order valence-electron chi connectivity index (χ1n) is 5.55. The summed E-state index contributed by atoms with van der Waals surface area (Å²) in [6.45, 7) is 0.736. The van der Waals surface area contributed by atoms with Gasteiger partial charge in [0, 0.05) is 35.1 Å². The molecule has 4 nitrogen and oxygen atoms in total. The van der Waals surface area contributed by atoms with Gasteiger partial charge in [-0.3, -0.25) is 9.59 Å². The van der Waals surface area contributed by atoms with E-state index < -0.39 is 0 Å². The summed E-state index contributed by atoms with van der Waals surface area (Å²) in [4.78, 5) is 24.6. The molecule has 18 heavy (non-hydrogen) atoms. The molecule has 96 valence electrons. The van der Waals surface area contributed by atoms with Crippen LogP contribution in [0.1, 0.15) is 12.0 Å². The third kappa shape index (κ3) is 2.94. The standard InChI is InChI=1S/C12H12Cl2N2O2/c13-9-2-1-3-10(14)8(9)7-16-5-4-11(17)15-6-12(16)18/h1-3H,4-7H2,(H,15,17). The predicted octanol–water partition coefficient (Wildman–Crippen LogP) is 1.84. The summed E-state index contributed by atoms with van der Waals surface area (Å²) in [6.07, 6.45) is 0.299. The highest BCUT2D eigenvalue weighted by molar-refractivity contribution is 6.36. The molecule has 0 radical (unpaired) electrons. The highest BCUT2D eigenvalue weighted by Crippen LogP contribution is 2.25. The van der Waals surface area contributed by atoms with Crippen LogP contribution < -0.4 is 5.32 Å². The van der Waals surface area contributed by atoms with Crippen LogP contribution in [0, 0.1) is 0 Å². The van der Waals surface area contributed by atoms with E-state index in [1.54, 1.807) is 23.1 Å². The second-order valence-electron chi connectivity index (χ2n) is 4.04. The normalized spacial score (nSPS) is 16.4. The maximum absolute atomic E-state index is 11.8. The molecule has 1 aromatic rings. The number of halogens is 2. The maximum atomic E-state index is 11.8. The van der Waals surface area contributed by atoms with Crippen LogP contribution in [0.25, 0.3) is 0 Å². The molecular weight excluding hydrogens is 275 g/mol. The third-order valence-electron chi connectivity index (χ3n) is 2.81. The Morgan fingerprint density at radius 3 is 2.56 bits per heavy atom. The van der Waals surface area contributed by atoms with Gasteiger partial charge in [0.15, 0.2) is 0 Å². The number of nitrogens with zero attached hydrogens (tertiary/aromatic N) is 1. The molecule has 1 saturated heterocycles. The first-order valence-corrected chi connectivity index (χ1v) is 6.31. The molecule has 1 N–H and O–H groups in total. The number of nitrogens with one attached hydrogen (secondary N) is 1. The average Bonchev–Trinajstić information content (AvgIpc) is 2.48. The Kier molecular flexibility index (Phi) is 4.09. The Morgan fingerprint density at radius 2 is 1.89 bits per heavy atom. The average molecular weight is 287 g/mol. The summed E-state index contributed by atoms with van der Waals surface area (Å²) in [5, 5.41) is 3.60. The lowest BCUT2D eigenvalue weighted by Crippen LogP contribution is -2.34. The van der Waals surface area contributed by atoms with Gasteiger partial charge in [0.1, 0.15) is 0 Å². The fourth-order valence-corrected chi connectivity index (χ4v) is 2.29. The van der Waals surface area contributed by atoms with Crippen molar-refractivity contribution >= 4 is 35.0 Å². The molecule has 0 atom stereocenters. The minimum atomic E-state index is -0.128. The fourth-order valence-electron chi connectivity index (χ4n) is 1.78. The zero-order valence-electron chi connectivity index (χ0n) is 9.58. The molecular formula is C12H12Cl2N2O2. The molecule has 0 aliphatic carbocycles. The number of carbonyl (C=O) groups is 2. The third-order valence-corrected chi connectivity index (χ3v) is 3.52. The van der Waals surface area contributed by atoms with E-state index in [9.17, 15) is 9.59 Å². The molecule has 0 unspecified atom stereocenters. The molecule has 2 rings (SSSR count). The SMILES string of the molecule is O=C1CCN(Cc2c(Cl)cccc2Cl)C(=O)CN1. The van der Waals surface area contributed by atoms with Crippen molar-refractivity contribution in [3.63, 3.8) is 0 Å². The largest absolute Gasteiger partial charge is 0.347 e. The highest BCUT2D eigenvalue weighted by atomic mass is 35.5. The van der Waals surface area contributed by atoms with Crippen molar-refractivity contribution in [2.45, 2.75) is 13.0 Å². The second-order valence-corrected chi connectivity index (χ2v) is 4.86. The van der Waals surface area contributed by atoms with Crippen molar-refractivity contribution in [2.75, 3.05) is 13.1 Å². The summed E-state index contributed by atoms with van der Waals surface area (Å²) >= 11 is 12.1. The number of amides is 2. The van der Waals surface area contributed by atoms with Crippen molar-refractivity contribution in [1.82, 2.24) is 10.2 Å². The van der Waals surface area contributed by atoms with E-state index in [2.05, 4.69) is 5.32 Å². The zero-order chi connectivity index (χ0) is 13.1. The van der Waals surface area contributed by atoms with Gasteiger partial charge in [0.25, 0.3) is 0 Å². The predicted molar refractivity (Wildman–Crippen MR) is 69.5 cm³/mol. The van der Waals surface area contributed by atoms with E-state index in [0.29, 0.717) is 35.1 Å². The summed E-state index contributed by atoms with van der Waals surface area (Å²) in [5.41, 5.74) is 0.712. The minimum absolute atomic E-state index is 0.0287. The summed E-state index contributed by atoms with van der Waals surface area (Å²) < 4.78 is 0. The van der Waals surface area contributed by atoms with Crippen molar-refractivity contribution in [1.29, 1.82) is 0 Å². The van der Waals surface area contributed by atoms with Crippen molar-refractivity contribution in [2.24, 2.45) is 0 Å². The van der Waals surface area contributed by atoms with Crippen LogP contribution in [-0.4, -0.2) is 29.8 Å². The monoisotopic (exact) mass is 286 g/mol. The smallest absolute Gasteiger partial charge is 0.242 e. The first kappa shape index (κ1) is 13.2. The zero-order valence-corrected chi connectivity index (χ0v) is 11.1. The van der Waals surface area contributed by atoms with E-state index in [1.807, 2.05) is 0 Å². The first-order chi connectivity index (χ1) is 8.58. The van der Waals surface area contributed by atoms with E-state index in [0.717, 1.165) is 0 Å². The second kappa shape index (κ2) is 5.59. The van der Waals surface area contributed by atoms with Gasteiger partial charge >= 0.3 is 0 Å². The van der Waals surface area contributed by atoms with E-state index in [1.165, 1.54) is 0 Å². The molecule has 1 fully saturated rings. The lowest BCUT2D eigenvalue weighted by atomic mass is 10.2. The Bertz CT molecular complexity index is 471. The van der Waals surface area contributed by atoms with Crippen LogP contribution in [0.3, 0.4) is 0 Å². The van der Waals surface area contributed by atoms with Crippen molar-refractivity contribution in [3.8, 4) is 0 Å². The van der Waals surface area contributed by atoms with Gasteiger partial charge in [0.2, 0.25) is 11.8 Å². The number of hydrogen-bond acceptors (Lipinski definition) is 2. The molecule has 0 spiro atoms. The number of benzene rings is 1. The van der Waals surface area contributed by atoms with Crippen LogP contribution in [0.15, 0.2) is 18.2 Å². The Labute approximate surface area is 115 Å². The molecule has 1 heterocycles. The Balaban J connectivity index is 2.17. The van der Waals surface area contributed by atoms with Gasteiger partial charge in [-0.25, -0.2) is 0 Å². The van der Waals surface area contributed by atoms with Gasteiger partial charge in [-0.05, 0) is 12.1 Å². The quantitative estimate of drug-likeness (QED) is 0.902. The lowest BCUT2D eigenvalue weighted by Gasteiger charge is -2.21. The molecule has 1 aliphatic rings. The van der Waals surface area contributed by atoms with Crippen molar-refractivity contribution in [3.05, 3.63) is 33.8 Å². The van der Waals surface area contributed by atoms with Gasteiger partial charge in [-0.2, -0.15) is 0 Å². The van der Waals surface area contributed by atoms with Gasteiger partial charge in [-0.1, -0.05) is 29.3 Å². The highest BCUT2D eigenvalue weighted by Gasteiger charge is 2.21.